The van der Waals surface area contributed by atoms with Crippen molar-refractivity contribution in [1.29, 1.82) is 0 Å². The summed E-state index contributed by atoms with van der Waals surface area (Å²) in [6.45, 7) is 1.68. The Balaban J connectivity index is 2.02. The van der Waals surface area contributed by atoms with Gasteiger partial charge in [0.15, 0.2) is 5.13 Å². The predicted octanol–water partition coefficient (Wildman–Crippen LogP) is 1.12. The third-order valence-corrected chi connectivity index (χ3v) is 4.35. The molecule has 0 atom stereocenters. The first kappa shape index (κ1) is 15.5. The second-order valence-electron chi connectivity index (χ2n) is 4.10. The topological polar surface area (TPSA) is 105 Å². The van der Waals surface area contributed by atoms with Gasteiger partial charge in [-0.3, -0.25) is 4.72 Å². The molecule has 0 bridgehead atoms. The molecule has 112 valence electrons. The molecule has 9 heteroatoms. The van der Waals surface area contributed by atoms with Crippen molar-refractivity contribution in [2.45, 2.75) is 19.1 Å². The summed E-state index contributed by atoms with van der Waals surface area (Å²) in [7, 11) is -3.60. The van der Waals surface area contributed by atoms with Gasteiger partial charge in [0.05, 0.1) is 17.7 Å². The van der Waals surface area contributed by atoms with Crippen LogP contribution >= 0.6 is 11.3 Å². The van der Waals surface area contributed by atoms with Gasteiger partial charge in [-0.1, -0.05) is 28.3 Å². The van der Waals surface area contributed by atoms with E-state index >= 15 is 0 Å². The van der Waals surface area contributed by atoms with Crippen molar-refractivity contribution in [1.82, 2.24) is 10.1 Å². The molecule has 21 heavy (non-hydrogen) atoms. The zero-order chi connectivity index (χ0) is 15.3. The van der Waals surface area contributed by atoms with Crippen LogP contribution in [0.1, 0.15) is 22.8 Å². The molecule has 2 rings (SSSR count). The van der Waals surface area contributed by atoms with Gasteiger partial charge in [0.2, 0.25) is 10.0 Å². The van der Waals surface area contributed by atoms with Crippen molar-refractivity contribution in [3.05, 3.63) is 28.6 Å². The summed E-state index contributed by atoms with van der Waals surface area (Å²) in [5.41, 5.74) is 0.333. The van der Waals surface area contributed by atoms with E-state index in [1.807, 2.05) is 0 Å². The van der Waals surface area contributed by atoms with Crippen LogP contribution in [0.4, 0.5) is 5.13 Å². The maximum atomic E-state index is 12.0. The Morgan fingerprint density at radius 2 is 2.33 bits per heavy atom. The van der Waals surface area contributed by atoms with Crippen LogP contribution in [0.2, 0.25) is 0 Å². The summed E-state index contributed by atoms with van der Waals surface area (Å²) in [5, 5.41) is 12.5. The van der Waals surface area contributed by atoms with Gasteiger partial charge in [0, 0.05) is 12.5 Å². The van der Waals surface area contributed by atoms with Crippen LogP contribution in [0.5, 0.6) is 0 Å². The van der Waals surface area contributed by atoms with Gasteiger partial charge in [-0.05, 0) is 6.92 Å². The normalized spacial score (nSPS) is 11.0. The Labute approximate surface area is 126 Å². The van der Waals surface area contributed by atoms with Gasteiger partial charge in [-0.25, -0.2) is 13.4 Å². The molecule has 0 aliphatic rings. The average Bonchev–Trinajstić information content (AvgIpc) is 2.98. The molecule has 2 N–H and O–H groups in total. The molecule has 2 aromatic rings. The highest BCUT2D eigenvalue weighted by molar-refractivity contribution is 7.92. The lowest BCUT2D eigenvalue weighted by atomic mass is 10.4. The zero-order valence-corrected chi connectivity index (χ0v) is 12.8. The van der Waals surface area contributed by atoms with E-state index in [-0.39, 0.29) is 17.5 Å². The lowest BCUT2D eigenvalue weighted by Gasteiger charge is -2.01. The third-order valence-electron chi connectivity index (χ3n) is 2.21. The smallest absolute Gasteiger partial charge is 0.240 e. The average molecular weight is 327 g/mol. The SMILES string of the molecule is Cc1cc(CS(=O)(=O)Nc2ncc(C#CCCO)s2)no1. The summed E-state index contributed by atoms with van der Waals surface area (Å²) in [4.78, 5) is 4.57. The molecule has 0 saturated heterocycles. The molecule has 0 amide bonds. The second-order valence-corrected chi connectivity index (χ2v) is 6.85. The van der Waals surface area contributed by atoms with Crippen molar-refractivity contribution < 1.29 is 18.0 Å². The molecule has 2 heterocycles. The molecule has 7 nitrogen and oxygen atoms in total. The van der Waals surface area contributed by atoms with Crippen LogP contribution in [0.15, 0.2) is 16.8 Å². The number of thiazole rings is 1. The minimum absolute atomic E-state index is 0.0115. The zero-order valence-electron chi connectivity index (χ0n) is 11.2. The Morgan fingerprint density at radius 3 is 3.00 bits per heavy atom. The first-order chi connectivity index (χ1) is 9.98. The van der Waals surface area contributed by atoms with Crippen LogP contribution in [0.25, 0.3) is 0 Å². The fourth-order valence-electron chi connectivity index (χ4n) is 1.43. The summed E-state index contributed by atoms with van der Waals surface area (Å²) in [6.07, 6.45) is 1.84. The Hall–Kier alpha value is -1.89. The first-order valence-corrected chi connectivity index (χ1v) is 8.43. The quantitative estimate of drug-likeness (QED) is 0.797. The van der Waals surface area contributed by atoms with Crippen molar-refractivity contribution in [3.63, 3.8) is 0 Å². The van der Waals surface area contributed by atoms with E-state index in [4.69, 9.17) is 9.63 Å². The summed E-state index contributed by atoms with van der Waals surface area (Å²) in [6, 6.07) is 1.56. The third kappa shape index (κ3) is 4.86. The summed E-state index contributed by atoms with van der Waals surface area (Å²) in [5.74, 6) is 5.80. The van der Waals surface area contributed by atoms with E-state index in [0.717, 1.165) is 11.3 Å². The molecule has 0 aromatic carbocycles. The van der Waals surface area contributed by atoms with Crippen molar-refractivity contribution >= 4 is 26.5 Å². The van der Waals surface area contributed by atoms with Gasteiger partial charge >= 0.3 is 0 Å². The highest BCUT2D eigenvalue weighted by atomic mass is 32.2. The number of hydrogen-bond donors (Lipinski definition) is 2. The minimum Gasteiger partial charge on any atom is -0.395 e. The van der Waals surface area contributed by atoms with Gasteiger partial charge < -0.3 is 9.63 Å². The first-order valence-electron chi connectivity index (χ1n) is 5.97. The van der Waals surface area contributed by atoms with E-state index in [9.17, 15) is 8.42 Å². The largest absolute Gasteiger partial charge is 0.395 e. The molecule has 0 saturated carbocycles. The van der Waals surface area contributed by atoms with Gasteiger partial charge in [0.1, 0.15) is 17.2 Å². The van der Waals surface area contributed by atoms with Gasteiger partial charge in [-0.2, -0.15) is 0 Å². The van der Waals surface area contributed by atoms with E-state index in [1.165, 1.54) is 6.20 Å². The Morgan fingerprint density at radius 1 is 1.52 bits per heavy atom. The number of nitrogens with one attached hydrogen (secondary N) is 1. The Bertz CT molecular complexity index is 768. The van der Waals surface area contributed by atoms with E-state index < -0.39 is 10.0 Å². The summed E-state index contributed by atoms with van der Waals surface area (Å²) < 4.78 is 31.1. The number of aryl methyl sites for hydroxylation is 1. The molecule has 2 aromatic heterocycles. The van der Waals surface area contributed by atoms with Crippen LogP contribution in [0, 0.1) is 18.8 Å². The number of rotatable bonds is 5. The summed E-state index contributed by atoms with van der Waals surface area (Å²) >= 11 is 1.13. The molecular weight excluding hydrogens is 314 g/mol. The maximum Gasteiger partial charge on any atom is 0.240 e. The lowest BCUT2D eigenvalue weighted by Crippen LogP contribution is -2.15. The fourth-order valence-corrected chi connectivity index (χ4v) is 3.44. The number of hydrogen-bond acceptors (Lipinski definition) is 7. The molecule has 0 fully saturated rings. The molecule has 0 aliphatic carbocycles. The monoisotopic (exact) mass is 327 g/mol. The highest BCUT2D eigenvalue weighted by Gasteiger charge is 2.16. The molecule has 0 unspecified atom stereocenters. The Kier molecular flexibility index (Phi) is 4.95. The van der Waals surface area contributed by atoms with Crippen LogP contribution < -0.4 is 4.72 Å². The van der Waals surface area contributed by atoms with Crippen molar-refractivity contribution in [3.8, 4) is 11.8 Å². The molecule has 0 radical (unpaired) electrons. The lowest BCUT2D eigenvalue weighted by molar-refractivity contribution is 0.305. The van der Waals surface area contributed by atoms with E-state index in [2.05, 4.69) is 26.7 Å². The number of aliphatic hydroxyl groups is 1. The number of sulfonamides is 1. The van der Waals surface area contributed by atoms with Gasteiger partial charge in [-0.15, -0.1) is 0 Å². The number of aromatic nitrogens is 2. The van der Waals surface area contributed by atoms with Crippen LogP contribution in [-0.4, -0.2) is 30.3 Å². The predicted molar refractivity (Wildman–Crippen MR) is 78.2 cm³/mol. The van der Waals surface area contributed by atoms with Gasteiger partial charge in [0.25, 0.3) is 0 Å². The van der Waals surface area contributed by atoms with Crippen molar-refractivity contribution in [2.24, 2.45) is 0 Å². The van der Waals surface area contributed by atoms with Crippen LogP contribution in [0.3, 0.4) is 0 Å². The second kappa shape index (κ2) is 6.71. The minimum atomic E-state index is -3.60. The maximum absolute atomic E-state index is 12.0. The number of aliphatic hydroxyl groups excluding tert-OH is 1. The highest BCUT2D eigenvalue weighted by Crippen LogP contribution is 2.19. The fraction of sp³-hybridized carbons (Fsp3) is 0.333. The van der Waals surface area contributed by atoms with E-state index in [0.29, 0.717) is 22.8 Å². The van der Waals surface area contributed by atoms with Crippen molar-refractivity contribution in [2.75, 3.05) is 11.3 Å². The number of anilines is 1. The molecule has 0 spiro atoms. The standard InChI is InChI=1S/C12H13N3O4S2/c1-9-6-10(14-19-9)8-21(17,18)15-12-13-7-11(20-12)4-2-3-5-16/h6-7,16H,3,5,8H2,1H3,(H,13,15). The molecule has 0 aliphatic heterocycles. The van der Waals surface area contributed by atoms with E-state index in [1.54, 1.807) is 13.0 Å². The van der Waals surface area contributed by atoms with Crippen LogP contribution in [-0.2, 0) is 15.8 Å². The number of nitrogens with zero attached hydrogens (tertiary/aromatic N) is 2. The molecular formula is C12H13N3O4S2.